The molecule has 5 nitrogen and oxygen atoms in total. The van der Waals surface area contributed by atoms with Crippen molar-refractivity contribution in [2.45, 2.75) is 55.2 Å². The topological polar surface area (TPSA) is 62.6 Å². The van der Waals surface area contributed by atoms with Gasteiger partial charge in [0.25, 0.3) is 0 Å². The zero-order valence-corrected chi connectivity index (χ0v) is 15.7. The fourth-order valence-corrected chi connectivity index (χ4v) is 4.75. The quantitative estimate of drug-likeness (QED) is 0.672. The predicted molar refractivity (Wildman–Crippen MR) is 101 cm³/mol. The summed E-state index contributed by atoms with van der Waals surface area (Å²) in [6, 6.07) is 8.46. The minimum atomic E-state index is -0.345. The highest BCUT2D eigenvalue weighted by Gasteiger charge is 2.28. The van der Waals surface area contributed by atoms with Gasteiger partial charge in [-0.1, -0.05) is 12.1 Å². The Morgan fingerprint density at radius 1 is 1.36 bits per heavy atom. The lowest BCUT2D eigenvalue weighted by Crippen LogP contribution is -3.16. The Hall–Kier alpha value is -1.53. The normalized spacial score (nSPS) is 25.8. The predicted octanol–water partition coefficient (Wildman–Crippen LogP) is 1.45. The van der Waals surface area contributed by atoms with Crippen LogP contribution in [0.5, 0.6) is 0 Å². The third kappa shape index (κ3) is 4.98. The van der Waals surface area contributed by atoms with E-state index in [4.69, 9.17) is 0 Å². The molecule has 0 spiro atoms. The standard InChI is InChI=1S/C19H27N3O2S/c1-14-7-4-5-11-22(14)12-6-10-20-18(23)13-17-19(24)21-15-8-2-3-9-16(15)25-17/h2-3,8-9,14,17H,4-7,10-13H2,1H3,(H,20,23)(H,21,24)/p+1/t14-,17+/m0/s1. The molecule has 0 aromatic heterocycles. The van der Waals surface area contributed by atoms with Crippen LogP contribution in [0.2, 0.25) is 0 Å². The molecule has 0 radical (unpaired) electrons. The second-order valence-electron chi connectivity index (χ2n) is 7.05. The van der Waals surface area contributed by atoms with Crippen molar-refractivity contribution in [2.75, 3.05) is 25.0 Å². The van der Waals surface area contributed by atoms with Gasteiger partial charge in [-0.2, -0.15) is 0 Å². The molecule has 0 saturated carbocycles. The second-order valence-corrected chi connectivity index (χ2v) is 8.30. The van der Waals surface area contributed by atoms with Crippen molar-refractivity contribution in [1.82, 2.24) is 5.32 Å². The summed E-state index contributed by atoms with van der Waals surface area (Å²) < 4.78 is 0. The number of amides is 2. The van der Waals surface area contributed by atoms with Gasteiger partial charge >= 0.3 is 0 Å². The van der Waals surface area contributed by atoms with Gasteiger partial charge in [0.15, 0.2) is 0 Å². The van der Waals surface area contributed by atoms with Crippen LogP contribution >= 0.6 is 11.8 Å². The molecule has 2 aliphatic rings. The van der Waals surface area contributed by atoms with Crippen molar-refractivity contribution < 1.29 is 14.5 Å². The maximum atomic E-state index is 12.2. The molecule has 1 aromatic carbocycles. The van der Waals surface area contributed by atoms with Crippen molar-refractivity contribution in [3.8, 4) is 0 Å². The van der Waals surface area contributed by atoms with Crippen LogP contribution in [0.4, 0.5) is 5.69 Å². The number of hydrogen-bond acceptors (Lipinski definition) is 3. The van der Waals surface area contributed by atoms with Gasteiger partial charge in [0.2, 0.25) is 11.8 Å². The number of fused-ring (bicyclic) bond motifs is 1. The average Bonchev–Trinajstić information content (AvgIpc) is 2.61. The first-order valence-electron chi connectivity index (χ1n) is 9.31. The Balaban J connectivity index is 1.38. The lowest BCUT2D eigenvalue weighted by Gasteiger charge is -2.30. The average molecular weight is 363 g/mol. The molecule has 1 unspecified atom stereocenters. The lowest BCUT2D eigenvalue weighted by molar-refractivity contribution is -0.928. The largest absolute Gasteiger partial charge is 0.356 e. The molecule has 0 aliphatic carbocycles. The van der Waals surface area contributed by atoms with E-state index in [1.165, 1.54) is 37.6 Å². The van der Waals surface area contributed by atoms with Gasteiger partial charge < -0.3 is 15.5 Å². The monoisotopic (exact) mass is 362 g/mol. The minimum Gasteiger partial charge on any atom is -0.356 e. The second kappa shape index (κ2) is 8.72. The van der Waals surface area contributed by atoms with Crippen LogP contribution in [0.3, 0.4) is 0 Å². The summed E-state index contributed by atoms with van der Waals surface area (Å²) in [5.74, 6) is -0.112. The minimum absolute atomic E-state index is 0.0336. The number of quaternary nitrogens is 1. The highest BCUT2D eigenvalue weighted by atomic mass is 32.2. The molecule has 3 N–H and O–H groups in total. The third-order valence-electron chi connectivity index (χ3n) is 5.16. The number of hydrogen-bond donors (Lipinski definition) is 3. The first-order valence-corrected chi connectivity index (χ1v) is 10.2. The first-order chi connectivity index (χ1) is 12.1. The molecule has 1 aromatic rings. The lowest BCUT2D eigenvalue weighted by atomic mass is 10.0. The van der Waals surface area contributed by atoms with E-state index in [0.717, 1.165) is 29.6 Å². The summed E-state index contributed by atoms with van der Waals surface area (Å²) in [5.41, 5.74) is 0.841. The van der Waals surface area contributed by atoms with Gasteiger partial charge in [0.1, 0.15) is 0 Å². The van der Waals surface area contributed by atoms with Gasteiger partial charge in [0.05, 0.1) is 30.1 Å². The number of thioether (sulfide) groups is 1. The molecule has 6 heteroatoms. The number of carbonyl (C=O) groups is 2. The molecule has 2 heterocycles. The molecule has 1 saturated heterocycles. The number of nitrogens with one attached hydrogen (secondary N) is 3. The van der Waals surface area contributed by atoms with E-state index < -0.39 is 0 Å². The number of anilines is 1. The van der Waals surface area contributed by atoms with Gasteiger partial charge in [0, 0.05) is 24.3 Å². The van der Waals surface area contributed by atoms with Crippen molar-refractivity contribution in [2.24, 2.45) is 0 Å². The van der Waals surface area contributed by atoms with Crippen LogP contribution in [-0.4, -0.2) is 42.7 Å². The Morgan fingerprint density at radius 3 is 3.04 bits per heavy atom. The number of rotatable bonds is 6. The molecule has 2 aliphatic heterocycles. The summed E-state index contributed by atoms with van der Waals surface area (Å²) in [6.45, 7) is 5.40. The Labute approximate surface area is 153 Å². The van der Waals surface area contributed by atoms with Crippen molar-refractivity contribution in [3.63, 3.8) is 0 Å². The summed E-state index contributed by atoms with van der Waals surface area (Å²) in [4.78, 5) is 27.0. The highest BCUT2D eigenvalue weighted by Crippen LogP contribution is 2.36. The van der Waals surface area contributed by atoms with E-state index in [1.807, 2.05) is 24.3 Å². The maximum absolute atomic E-state index is 12.2. The molecule has 136 valence electrons. The van der Waals surface area contributed by atoms with Crippen LogP contribution in [0.1, 0.15) is 39.0 Å². The zero-order valence-electron chi connectivity index (χ0n) is 14.8. The van der Waals surface area contributed by atoms with Gasteiger partial charge in [-0.3, -0.25) is 9.59 Å². The molecule has 2 amide bonds. The van der Waals surface area contributed by atoms with E-state index in [1.54, 1.807) is 4.90 Å². The Bertz CT molecular complexity index is 622. The number of benzene rings is 1. The summed E-state index contributed by atoms with van der Waals surface area (Å²) >= 11 is 1.48. The van der Waals surface area contributed by atoms with Gasteiger partial charge in [-0.25, -0.2) is 0 Å². The molecule has 3 rings (SSSR count). The van der Waals surface area contributed by atoms with Crippen LogP contribution in [0, 0.1) is 0 Å². The fourth-order valence-electron chi connectivity index (χ4n) is 3.64. The van der Waals surface area contributed by atoms with Gasteiger partial charge in [-0.15, -0.1) is 11.8 Å². The molecule has 1 fully saturated rings. The summed E-state index contributed by atoms with van der Waals surface area (Å²) in [7, 11) is 0. The van der Waals surface area contributed by atoms with E-state index in [-0.39, 0.29) is 23.5 Å². The summed E-state index contributed by atoms with van der Waals surface area (Å²) in [5, 5.41) is 5.53. The Morgan fingerprint density at radius 2 is 2.20 bits per heavy atom. The number of likely N-dealkylation sites (tertiary alicyclic amines) is 1. The maximum Gasteiger partial charge on any atom is 0.238 e. The SMILES string of the molecule is C[C@H]1CCCC[NH+]1CCCNC(=O)C[C@H]1Sc2ccccc2NC1=O. The number of piperidine rings is 1. The van der Waals surface area contributed by atoms with E-state index in [2.05, 4.69) is 17.6 Å². The third-order valence-corrected chi connectivity index (χ3v) is 6.43. The van der Waals surface area contributed by atoms with Gasteiger partial charge in [-0.05, 0) is 38.3 Å². The zero-order chi connectivity index (χ0) is 17.6. The Kier molecular flexibility index (Phi) is 6.37. The molecular weight excluding hydrogens is 334 g/mol. The van der Waals surface area contributed by atoms with Crippen LogP contribution in [0.15, 0.2) is 29.2 Å². The molecule has 25 heavy (non-hydrogen) atoms. The van der Waals surface area contributed by atoms with Crippen LogP contribution in [0.25, 0.3) is 0 Å². The fraction of sp³-hybridized carbons (Fsp3) is 0.579. The van der Waals surface area contributed by atoms with Crippen molar-refractivity contribution in [3.05, 3.63) is 24.3 Å². The van der Waals surface area contributed by atoms with E-state index >= 15 is 0 Å². The smallest absolute Gasteiger partial charge is 0.238 e. The summed E-state index contributed by atoms with van der Waals surface area (Å²) in [6.07, 6.45) is 5.22. The number of carbonyl (C=O) groups excluding carboxylic acids is 2. The van der Waals surface area contributed by atoms with Crippen LogP contribution < -0.4 is 15.5 Å². The molecular formula is C19H28N3O2S+. The van der Waals surface area contributed by atoms with Crippen molar-refractivity contribution in [1.29, 1.82) is 0 Å². The molecule has 0 bridgehead atoms. The van der Waals surface area contributed by atoms with Crippen LogP contribution in [-0.2, 0) is 9.59 Å². The van der Waals surface area contributed by atoms with E-state index in [9.17, 15) is 9.59 Å². The number of para-hydroxylation sites is 1. The van der Waals surface area contributed by atoms with Crippen molar-refractivity contribution >= 4 is 29.3 Å². The molecule has 3 atom stereocenters. The van der Waals surface area contributed by atoms with E-state index in [0.29, 0.717) is 6.54 Å². The highest BCUT2D eigenvalue weighted by molar-refractivity contribution is 8.01. The first kappa shape index (κ1) is 18.3.